The second-order valence-electron chi connectivity index (χ2n) is 2.15. The summed E-state index contributed by atoms with van der Waals surface area (Å²) in [4.78, 5) is 10.9. The van der Waals surface area contributed by atoms with Crippen LogP contribution in [0.5, 0.6) is 5.06 Å². The van der Waals surface area contributed by atoms with Crippen molar-refractivity contribution in [2.24, 2.45) is 0 Å². The van der Waals surface area contributed by atoms with E-state index in [0.717, 1.165) is 11.3 Å². The Kier molecular flexibility index (Phi) is 22.5. The molecule has 1 amide bonds. The van der Waals surface area contributed by atoms with Crippen LogP contribution in [-0.2, 0) is 4.74 Å². The van der Waals surface area contributed by atoms with Gasteiger partial charge in [0.15, 0.2) is 5.06 Å². The van der Waals surface area contributed by atoms with Gasteiger partial charge in [0.05, 0.1) is 0 Å². The first-order chi connectivity index (χ1) is 9.22. The minimum atomic E-state index is -0.554. The summed E-state index contributed by atoms with van der Waals surface area (Å²) in [5.41, 5.74) is 0. The van der Waals surface area contributed by atoms with Gasteiger partial charge in [-0.25, -0.2) is 4.79 Å². The van der Waals surface area contributed by atoms with Crippen LogP contribution >= 0.6 is 11.3 Å². The van der Waals surface area contributed by atoms with Crippen LogP contribution in [0.3, 0.4) is 0 Å². The number of hydrogen-bond acceptors (Lipinski definition) is 4. The lowest BCUT2D eigenvalue weighted by Crippen LogP contribution is -2.12. The third kappa shape index (κ3) is 14.4. The highest BCUT2D eigenvalue weighted by Crippen LogP contribution is 2.26. The lowest BCUT2D eigenvalue weighted by atomic mass is 10.6. The van der Waals surface area contributed by atoms with E-state index in [1.54, 1.807) is 6.07 Å². The molecule has 1 rings (SSSR count). The Morgan fingerprint density at radius 1 is 1.32 bits per heavy atom. The van der Waals surface area contributed by atoms with Gasteiger partial charge in [-0.1, -0.05) is 65.5 Å². The van der Waals surface area contributed by atoms with Crippen molar-refractivity contribution in [1.29, 1.82) is 0 Å². The van der Waals surface area contributed by atoms with Crippen molar-refractivity contribution < 1.29 is 14.6 Å². The van der Waals surface area contributed by atoms with Gasteiger partial charge < -0.3 is 9.84 Å². The Labute approximate surface area is 121 Å². The van der Waals surface area contributed by atoms with E-state index >= 15 is 0 Å². The van der Waals surface area contributed by atoms with E-state index in [-0.39, 0.29) is 11.7 Å². The van der Waals surface area contributed by atoms with E-state index < -0.39 is 6.09 Å². The molecule has 0 aliphatic rings. The average Bonchev–Trinajstić information content (AvgIpc) is 2.88. The largest absolute Gasteiger partial charge is 0.499 e. The smallest absolute Gasteiger partial charge is 0.412 e. The lowest BCUT2D eigenvalue weighted by molar-refractivity contribution is 0.174. The summed E-state index contributed by atoms with van der Waals surface area (Å²) in [5, 5.41) is 12.1. The van der Waals surface area contributed by atoms with E-state index in [4.69, 9.17) is 5.11 Å². The molecule has 19 heavy (non-hydrogen) atoms. The molecule has 1 aromatic rings. The maximum Gasteiger partial charge on any atom is 0.412 e. The molecule has 0 aromatic carbocycles. The Hall–Kier alpha value is -1.49. The molecule has 2 N–H and O–H groups in total. The van der Waals surface area contributed by atoms with Crippen molar-refractivity contribution in [3.63, 3.8) is 0 Å². The molecule has 0 fully saturated rings. The third-order valence-electron chi connectivity index (χ3n) is 1.15. The summed E-state index contributed by atoms with van der Waals surface area (Å²) in [6, 6.07) is 3.09. The predicted molar refractivity (Wildman–Crippen MR) is 85.2 cm³/mol. The number of nitrogens with one attached hydrogen (secondary N) is 1. The summed E-state index contributed by atoms with van der Waals surface area (Å²) < 4.78 is 4.66. The number of ether oxygens (including phenoxy) is 1. The van der Waals surface area contributed by atoms with Crippen LogP contribution in [0.4, 0.5) is 9.80 Å². The number of carbonyl (C=O) groups is 1. The van der Waals surface area contributed by atoms with Crippen LogP contribution in [0.1, 0.15) is 41.5 Å². The highest BCUT2D eigenvalue weighted by atomic mass is 32.1. The quantitative estimate of drug-likeness (QED) is 0.745. The van der Waals surface area contributed by atoms with Gasteiger partial charge in [-0.3, -0.25) is 5.32 Å². The maximum atomic E-state index is 10.9. The molecule has 1 aromatic heterocycles. The van der Waals surface area contributed by atoms with Crippen LogP contribution < -0.4 is 5.32 Å². The van der Waals surface area contributed by atoms with Gasteiger partial charge in [-0.05, 0) is 12.1 Å². The van der Waals surface area contributed by atoms with Crippen LogP contribution in [0.15, 0.2) is 24.8 Å². The Bertz CT molecular complexity index is 311. The standard InChI is InChI=1S/C8H9NO3S.3C2H6/c1-2-5-12-8(11)9-6-3-4-7(10)13-6;3*1-2/h2-4,10H,1,5H2,(H,9,11);3*1-2H3. The number of rotatable bonds is 3. The van der Waals surface area contributed by atoms with Crippen molar-refractivity contribution in [3.05, 3.63) is 24.8 Å². The zero-order valence-corrected chi connectivity index (χ0v) is 13.6. The van der Waals surface area contributed by atoms with Crippen LogP contribution in [0, 0.1) is 0 Å². The van der Waals surface area contributed by atoms with Crippen molar-refractivity contribution >= 4 is 22.4 Å². The van der Waals surface area contributed by atoms with E-state index in [9.17, 15) is 4.79 Å². The van der Waals surface area contributed by atoms with Crippen LogP contribution in [0.2, 0.25) is 0 Å². The van der Waals surface area contributed by atoms with Gasteiger partial charge in [0, 0.05) is 0 Å². The Morgan fingerprint density at radius 2 is 1.84 bits per heavy atom. The van der Waals surface area contributed by atoms with Gasteiger partial charge >= 0.3 is 6.09 Å². The molecule has 0 aliphatic heterocycles. The van der Waals surface area contributed by atoms with E-state index in [2.05, 4.69) is 16.6 Å². The third-order valence-corrected chi connectivity index (χ3v) is 1.95. The highest BCUT2D eigenvalue weighted by molar-refractivity contribution is 7.17. The van der Waals surface area contributed by atoms with Gasteiger partial charge in [-0.2, -0.15) is 0 Å². The number of hydrogen-bond donors (Lipinski definition) is 2. The van der Waals surface area contributed by atoms with Crippen LogP contribution in [0.25, 0.3) is 0 Å². The zero-order chi connectivity index (χ0) is 15.7. The van der Waals surface area contributed by atoms with Crippen molar-refractivity contribution in [2.75, 3.05) is 11.9 Å². The molecule has 1 heterocycles. The maximum absolute atomic E-state index is 10.9. The topological polar surface area (TPSA) is 58.6 Å². The molecule has 0 radical (unpaired) electrons. The molecule has 0 saturated heterocycles. The monoisotopic (exact) mass is 289 g/mol. The van der Waals surface area contributed by atoms with E-state index in [0.29, 0.717) is 5.00 Å². The van der Waals surface area contributed by atoms with Gasteiger partial charge in [0.2, 0.25) is 0 Å². The van der Waals surface area contributed by atoms with Crippen molar-refractivity contribution in [1.82, 2.24) is 0 Å². The zero-order valence-electron chi connectivity index (χ0n) is 12.8. The fraction of sp³-hybridized carbons (Fsp3) is 0.500. The molecule has 0 bridgehead atoms. The second kappa shape index (κ2) is 18.9. The molecule has 0 spiro atoms. The van der Waals surface area contributed by atoms with Gasteiger partial charge in [0.25, 0.3) is 0 Å². The molecule has 0 saturated carbocycles. The molecule has 0 aliphatic carbocycles. The average molecular weight is 289 g/mol. The highest BCUT2D eigenvalue weighted by Gasteiger charge is 2.03. The molecule has 4 nitrogen and oxygen atoms in total. The number of amides is 1. The molecular weight excluding hydrogens is 262 g/mol. The fourth-order valence-electron chi connectivity index (χ4n) is 0.666. The summed E-state index contributed by atoms with van der Waals surface area (Å²) in [6.07, 6.45) is 0.924. The minimum absolute atomic E-state index is 0.152. The second-order valence-corrected chi connectivity index (χ2v) is 3.21. The first-order valence-electron chi connectivity index (χ1n) is 6.56. The fourth-order valence-corrected chi connectivity index (χ4v) is 1.30. The Morgan fingerprint density at radius 3 is 2.21 bits per heavy atom. The van der Waals surface area contributed by atoms with E-state index in [1.807, 2.05) is 41.5 Å². The van der Waals surface area contributed by atoms with Gasteiger partial charge in [0.1, 0.15) is 11.6 Å². The number of aromatic hydroxyl groups is 1. The number of carbonyl (C=O) groups excluding carboxylic acids is 1. The number of anilines is 1. The minimum Gasteiger partial charge on any atom is -0.499 e. The lowest BCUT2D eigenvalue weighted by Gasteiger charge is -2.01. The summed E-state index contributed by atoms with van der Waals surface area (Å²) in [6.45, 7) is 15.6. The van der Waals surface area contributed by atoms with Gasteiger partial charge in [-0.15, -0.1) is 0 Å². The van der Waals surface area contributed by atoms with Crippen molar-refractivity contribution in [2.45, 2.75) is 41.5 Å². The molecule has 5 heteroatoms. The summed E-state index contributed by atoms with van der Waals surface area (Å²) >= 11 is 1.07. The Balaban J connectivity index is -0.000000375. The van der Waals surface area contributed by atoms with Crippen molar-refractivity contribution in [3.8, 4) is 5.06 Å². The first kappa shape index (κ1) is 22.7. The van der Waals surface area contributed by atoms with E-state index in [1.165, 1.54) is 12.1 Å². The molecular formula is C14H27NO3S. The van der Waals surface area contributed by atoms with Crippen LogP contribution in [-0.4, -0.2) is 17.8 Å². The molecule has 0 atom stereocenters. The summed E-state index contributed by atoms with van der Waals surface area (Å²) in [5.74, 6) is 0. The predicted octanol–water partition coefficient (Wildman–Crippen LogP) is 5.27. The first-order valence-corrected chi connectivity index (χ1v) is 7.37. The number of thiophene rings is 1. The SMILES string of the molecule is C=CCOC(=O)Nc1ccc(O)s1.CC.CC.CC. The molecule has 112 valence electrons. The summed E-state index contributed by atoms with van der Waals surface area (Å²) in [7, 11) is 0. The molecule has 0 unspecified atom stereocenters. The normalized spacial score (nSPS) is 7.26.